The first-order valence-corrected chi connectivity index (χ1v) is 12.1. The van der Waals surface area contributed by atoms with Crippen molar-refractivity contribution in [1.29, 1.82) is 5.26 Å². The third-order valence-corrected chi connectivity index (χ3v) is 9.61. The topological polar surface area (TPSA) is 42.2 Å². The van der Waals surface area contributed by atoms with Crippen molar-refractivity contribution in [2.45, 2.75) is 61.5 Å². The largest absolute Gasteiger partial charge is 0.493 e. The first-order valence-electron chi connectivity index (χ1n) is 10.8. The smallest absolute Gasteiger partial charge is 0.161 e. The Hall–Kier alpha value is -1.83. The second kappa shape index (κ2) is 8.26. The molecule has 2 aromatic rings. The van der Waals surface area contributed by atoms with Crippen LogP contribution in [0.5, 0.6) is 11.5 Å². The summed E-state index contributed by atoms with van der Waals surface area (Å²) in [4.78, 5) is 1.26. The number of nitriles is 1. The Labute approximate surface area is 195 Å². The zero-order valence-electron chi connectivity index (χ0n) is 18.9. The highest BCUT2D eigenvalue weighted by Crippen LogP contribution is 2.62. The lowest BCUT2D eigenvalue weighted by atomic mass is 9.49. The molecule has 0 heterocycles. The summed E-state index contributed by atoms with van der Waals surface area (Å²) < 4.78 is 11.2. The first kappa shape index (κ1) is 22.4. The Bertz CT molecular complexity index is 1010. The molecule has 0 bridgehead atoms. The molecule has 0 spiro atoms. The fraction of sp³-hybridized carbons (Fsp3) is 0.500. The average molecular weight is 456 g/mol. The van der Waals surface area contributed by atoms with Crippen molar-refractivity contribution in [2.75, 3.05) is 14.2 Å². The monoisotopic (exact) mass is 455 g/mol. The summed E-state index contributed by atoms with van der Waals surface area (Å²) in [6.45, 7) is 7.17. The van der Waals surface area contributed by atoms with Crippen LogP contribution in [0.3, 0.4) is 0 Å². The number of thioether (sulfide) groups is 1. The third-order valence-electron chi connectivity index (χ3n) is 7.69. The van der Waals surface area contributed by atoms with E-state index in [9.17, 15) is 5.26 Å². The van der Waals surface area contributed by atoms with Crippen LogP contribution in [-0.2, 0) is 5.41 Å². The first-order chi connectivity index (χ1) is 14.7. The average Bonchev–Trinajstić information content (AvgIpc) is 2.76. The van der Waals surface area contributed by atoms with Gasteiger partial charge in [0.2, 0.25) is 0 Å². The number of halogens is 1. The van der Waals surface area contributed by atoms with E-state index in [0.29, 0.717) is 16.9 Å². The summed E-state index contributed by atoms with van der Waals surface area (Å²) in [5, 5.41) is 11.3. The van der Waals surface area contributed by atoms with Crippen molar-refractivity contribution < 1.29 is 9.47 Å². The van der Waals surface area contributed by atoms with E-state index in [1.165, 1.54) is 10.5 Å². The van der Waals surface area contributed by atoms with Crippen LogP contribution in [0, 0.1) is 22.7 Å². The predicted molar refractivity (Wildman–Crippen MR) is 127 cm³/mol. The fourth-order valence-electron chi connectivity index (χ4n) is 5.96. The van der Waals surface area contributed by atoms with Crippen molar-refractivity contribution in [1.82, 2.24) is 0 Å². The second-order valence-corrected chi connectivity index (χ2v) is 11.3. The number of methoxy groups -OCH3 is 2. The van der Waals surface area contributed by atoms with Gasteiger partial charge in [0.1, 0.15) is 0 Å². The van der Waals surface area contributed by atoms with Crippen molar-refractivity contribution in [3.63, 3.8) is 0 Å². The predicted octanol–water partition coefficient (Wildman–Crippen LogP) is 7.22. The van der Waals surface area contributed by atoms with Crippen LogP contribution in [-0.4, -0.2) is 19.5 Å². The summed E-state index contributed by atoms with van der Waals surface area (Å²) in [5.74, 6) is 1.71. The number of fused-ring (bicyclic) bond motifs is 3. The van der Waals surface area contributed by atoms with E-state index in [1.54, 1.807) is 14.2 Å². The van der Waals surface area contributed by atoms with E-state index in [0.717, 1.165) is 35.6 Å². The highest BCUT2D eigenvalue weighted by molar-refractivity contribution is 8.00. The van der Waals surface area contributed by atoms with Gasteiger partial charge in [-0.2, -0.15) is 5.26 Å². The maximum Gasteiger partial charge on any atom is 0.161 e. The van der Waals surface area contributed by atoms with Gasteiger partial charge in [0.05, 0.1) is 26.2 Å². The molecule has 0 amide bonds. The number of nitrogens with zero attached hydrogens (tertiary/aromatic N) is 1. The lowest BCUT2D eigenvalue weighted by Crippen LogP contribution is -2.53. The van der Waals surface area contributed by atoms with Crippen LogP contribution in [0.15, 0.2) is 41.3 Å². The molecule has 0 radical (unpaired) electrons. The highest BCUT2D eigenvalue weighted by atomic mass is 35.5. The Balaban J connectivity index is 1.74. The molecule has 2 aliphatic rings. The maximum absolute atomic E-state index is 10.1. The van der Waals surface area contributed by atoms with Crippen molar-refractivity contribution in [3.8, 4) is 17.6 Å². The van der Waals surface area contributed by atoms with Crippen LogP contribution in [0.4, 0.5) is 0 Å². The molecule has 1 fully saturated rings. The summed E-state index contributed by atoms with van der Waals surface area (Å²) >= 11 is 8.04. The summed E-state index contributed by atoms with van der Waals surface area (Å²) in [7, 11) is 3.33. The van der Waals surface area contributed by atoms with E-state index in [-0.39, 0.29) is 16.7 Å². The molecule has 2 aromatic carbocycles. The lowest BCUT2D eigenvalue weighted by molar-refractivity contribution is 0.0435. The molecule has 164 valence electrons. The number of benzene rings is 2. The van der Waals surface area contributed by atoms with Gasteiger partial charge in [-0.15, -0.1) is 11.8 Å². The molecule has 4 rings (SSSR count). The maximum atomic E-state index is 10.1. The standard InChI is InChI=1S/C26H30ClNO2S/c1-25(2)23-12-16(15-28)19-13-21(29-4)22(30-5)14-20(19)26(23,3)11-10-24(25)31-18-8-6-17(27)7-9-18/h6-9,13-14,16,23-24H,10-12H2,1-5H3/t16-,23-,24+,26-/m1/s1. The van der Waals surface area contributed by atoms with Gasteiger partial charge in [0, 0.05) is 15.2 Å². The second-order valence-electron chi connectivity index (χ2n) is 9.60. The SMILES string of the molecule is COc1cc2c(cc1OC)[C@@]1(C)CC[C@H](Sc3ccc(Cl)cc3)C(C)(C)[C@H]1C[C@@H]2C#N. The summed E-state index contributed by atoms with van der Waals surface area (Å²) in [5.41, 5.74) is 2.44. The summed E-state index contributed by atoms with van der Waals surface area (Å²) in [6.07, 6.45) is 3.09. The van der Waals surface area contributed by atoms with Gasteiger partial charge in [-0.3, -0.25) is 0 Å². The number of rotatable bonds is 4. The minimum absolute atomic E-state index is 0.00277. The molecule has 1 saturated carbocycles. The van der Waals surface area contributed by atoms with Gasteiger partial charge in [-0.05, 0) is 83.5 Å². The molecule has 31 heavy (non-hydrogen) atoms. The molecule has 2 aliphatic carbocycles. The van der Waals surface area contributed by atoms with Crippen molar-refractivity contribution in [3.05, 3.63) is 52.5 Å². The number of hydrogen-bond donors (Lipinski definition) is 0. The Kier molecular flexibility index (Phi) is 5.96. The molecule has 0 aliphatic heterocycles. The van der Waals surface area contributed by atoms with E-state index < -0.39 is 0 Å². The van der Waals surface area contributed by atoms with E-state index in [4.69, 9.17) is 21.1 Å². The van der Waals surface area contributed by atoms with E-state index in [2.05, 4.69) is 45.0 Å². The number of ether oxygens (including phenoxy) is 2. The molecule has 3 nitrogen and oxygen atoms in total. The van der Waals surface area contributed by atoms with Gasteiger partial charge in [0.15, 0.2) is 11.5 Å². The quantitative estimate of drug-likeness (QED) is 0.487. The Morgan fingerprint density at radius 2 is 1.71 bits per heavy atom. The number of hydrogen-bond acceptors (Lipinski definition) is 4. The molecule has 0 unspecified atom stereocenters. The lowest BCUT2D eigenvalue weighted by Gasteiger charge is -2.58. The molecular weight excluding hydrogens is 426 g/mol. The Morgan fingerprint density at radius 3 is 2.32 bits per heavy atom. The zero-order chi connectivity index (χ0) is 22.4. The van der Waals surface area contributed by atoms with E-state index >= 15 is 0 Å². The zero-order valence-corrected chi connectivity index (χ0v) is 20.4. The normalized spacial score (nSPS) is 28.7. The van der Waals surface area contributed by atoms with Crippen LogP contribution in [0.1, 0.15) is 57.1 Å². The molecule has 0 N–H and O–H groups in total. The third kappa shape index (κ3) is 3.70. The molecule has 4 atom stereocenters. The van der Waals surface area contributed by atoms with Gasteiger partial charge in [0.25, 0.3) is 0 Å². The molecule has 0 aromatic heterocycles. The fourth-order valence-corrected chi connectivity index (χ4v) is 7.41. The molecule has 0 saturated heterocycles. The molecule has 5 heteroatoms. The van der Waals surface area contributed by atoms with Gasteiger partial charge in [-0.25, -0.2) is 0 Å². The Morgan fingerprint density at radius 1 is 1.06 bits per heavy atom. The van der Waals surface area contributed by atoms with Gasteiger partial charge < -0.3 is 9.47 Å². The van der Waals surface area contributed by atoms with Gasteiger partial charge in [-0.1, -0.05) is 32.4 Å². The minimum atomic E-state index is -0.133. The van der Waals surface area contributed by atoms with Crippen molar-refractivity contribution in [2.24, 2.45) is 11.3 Å². The van der Waals surface area contributed by atoms with Crippen LogP contribution < -0.4 is 9.47 Å². The highest BCUT2D eigenvalue weighted by Gasteiger charge is 2.55. The van der Waals surface area contributed by atoms with E-state index in [1.807, 2.05) is 30.0 Å². The minimum Gasteiger partial charge on any atom is -0.493 e. The van der Waals surface area contributed by atoms with Crippen LogP contribution in [0.2, 0.25) is 5.02 Å². The summed E-state index contributed by atoms with van der Waals surface area (Å²) in [6, 6.07) is 14.9. The van der Waals surface area contributed by atoms with Crippen LogP contribution >= 0.6 is 23.4 Å². The van der Waals surface area contributed by atoms with Crippen molar-refractivity contribution >= 4 is 23.4 Å². The van der Waals surface area contributed by atoms with Gasteiger partial charge >= 0.3 is 0 Å². The van der Waals surface area contributed by atoms with Crippen LogP contribution in [0.25, 0.3) is 0 Å². The molecular formula is C26H30ClNO2S.